The van der Waals surface area contributed by atoms with Gasteiger partial charge in [-0.25, -0.2) is 0 Å². The van der Waals surface area contributed by atoms with Gasteiger partial charge in [-0.3, -0.25) is 9.59 Å². The summed E-state index contributed by atoms with van der Waals surface area (Å²) in [6.45, 7) is 5.03. The molecule has 1 amide bonds. The Morgan fingerprint density at radius 2 is 1.71 bits per heavy atom. The highest BCUT2D eigenvalue weighted by atomic mass is 35.5. The zero-order chi connectivity index (χ0) is 26.4. The molecule has 1 atom stereocenters. The van der Waals surface area contributed by atoms with Crippen molar-refractivity contribution in [2.45, 2.75) is 26.4 Å². The van der Waals surface area contributed by atoms with Crippen LogP contribution in [0.25, 0.3) is 11.0 Å². The summed E-state index contributed by atoms with van der Waals surface area (Å²) in [5.41, 5.74) is 1.77. The second-order valence-corrected chi connectivity index (χ2v) is 9.35. The summed E-state index contributed by atoms with van der Waals surface area (Å²) in [7, 11) is 0. The molecular weight excluding hydrogens is 510 g/mol. The fraction of sp³-hybridized carbons (Fsp3) is 0.241. The largest absolute Gasteiger partial charge is 0.490 e. The van der Waals surface area contributed by atoms with Crippen LogP contribution in [0.15, 0.2) is 63.8 Å². The van der Waals surface area contributed by atoms with Gasteiger partial charge >= 0.3 is 0 Å². The molecule has 0 N–H and O–H groups in total. The minimum absolute atomic E-state index is 0.0161. The van der Waals surface area contributed by atoms with E-state index in [0.29, 0.717) is 57.8 Å². The van der Waals surface area contributed by atoms with Gasteiger partial charge in [0.05, 0.1) is 30.2 Å². The first-order chi connectivity index (χ1) is 18.5. The van der Waals surface area contributed by atoms with Crippen LogP contribution in [-0.2, 0) is 6.54 Å². The fourth-order valence-electron chi connectivity index (χ4n) is 4.98. The molecule has 6 rings (SSSR count). The number of rotatable bonds is 7. The second-order valence-electron chi connectivity index (χ2n) is 8.91. The molecule has 0 saturated heterocycles. The van der Waals surface area contributed by atoms with Crippen LogP contribution in [0.2, 0.25) is 5.02 Å². The number of nitrogens with zero attached hydrogens (tertiary/aromatic N) is 1. The molecule has 0 spiro atoms. The van der Waals surface area contributed by atoms with Crippen molar-refractivity contribution >= 4 is 28.5 Å². The number of benzene rings is 3. The van der Waals surface area contributed by atoms with Gasteiger partial charge in [-0.2, -0.15) is 0 Å². The second kappa shape index (κ2) is 9.61. The van der Waals surface area contributed by atoms with Crippen LogP contribution in [0, 0.1) is 0 Å². The van der Waals surface area contributed by atoms with Crippen LogP contribution in [0.4, 0.5) is 0 Å². The molecule has 2 aliphatic rings. The Kier molecular flexibility index (Phi) is 6.12. The molecule has 2 aliphatic heterocycles. The van der Waals surface area contributed by atoms with Crippen molar-refractivity contribution in [3.63, 3.8) is 0 Å². The number of hydrogen-bond donors (Lipinski definition) is 0. The van der Waals surface area contributed by atoms with E-state index >= 15 is 0 Å². The fourth-order valence-corrected chi connectivity index (χ4v) is 5.15. The van der Waals surface area contributed by atoms with Gasteiger partial charge in [0.2, 0.25) is 12.6 Å². The zero-order valence-corrected chi connectivity index (χ0v) is 21.5. The predicted molar refractivity (Wildman–Crippen MR) is 141 cm³/mol. The van der Waals surface area contributed by atoms with E-state index in [4.69, 9.17) is 35.0 Å². The van der Waals surface area contributed by atoms with Gasteiger partial charge in [-0.05, 0) is 67.4 Å². The van der Waals surface area contributed by atoms with Crippen LogP contribution in [0.1, 0.15) is 47.1 Å². The molecule has 0 fully saturated rings. The topological polar surface area (TPSA) is 87.4 Å². The van der Waals surface area contributed by atoms with E-state index in [0.717, 1.165) is 5.56 Å². The average molecular weight is 534 g/mol. The van der Waals surface area contributed by atoms with Gasteiger partial charge < -0.3 is 28.3 Å². The first kappa shape index (κ1) is 24.2. The van der Waals surface area contributed by atoms with Gasteiger partial charge in [-0.15, -0.1) is 0 Å². The molecule has 194 valence electrons. The maximum atomic E-state index is 13.8. The normalized spacial score (nSPS) is 15.7. The molecule has 8 nitrogen and oxygen atoms in total. The minimum Gasteiger partial charge on any atom is -0.490 e. The first-order valence-corrected chi connectivity index (χ1v) is 12.7. The van der Waals surface area contributed by atoms with Crippen molar-refractivity contribution in [2.75, 3.05) is 20.0 Å². The lowest BCUT2D eigenvalue weighted by Gasteiger charge is -2.26. The number of carbonyl (C=O) groups excluding carboxylic acids is 1. The van der Waals surface area contributed by atoms with E-state index in [9.17, 15) is 9.59 Å². The monoisotopic (exact) mass is 533 g/mol. The molecule has 1 unspecified atom stereocenters. The van der Waals surface area contributed by atoms with Crippen LogP contribution >= 0.6 is 11.6 Å². The lowest BCUT2D eigenvalue weighted by Crippen LogP contribution is -2.29. The van der Waals surface area contributed by atoms with E-state index < -0.39 is 6.04 Å². The Labute approximate surface area is 223 Å². The van der Waals surface area contributed by atoms with Crippen molar-refractivity contribution in [2.24, 2.45) is 0 Å². The summed E-state index contributed by atoms with van der Waals surface area (Å²) < 4.78 is 28.6. The molecule has 1 aromatic heterocycles. The number of fused-ring (bicyclic) bond motifs is 3. The SMILES string of the molecule is CCOc1ccc(C2c3c(oc4ccc(Cl)cc4c3=O)C(=O)N2Cc2ccc3c(c2)OCO3)cc1OCC. The highest BCUT2D eigenvalue weighted by molar-refractivity contribution is 6.31. The maximum Gasteiger partial charge on any atom is 0.291 e. The average Bonchev–Trinajstić information content (AvgIpc) is 3.49. The molecule has 3 heterocycles. The van der Waals surface area contributed by atoms with E-state index in [-0.39, 0.29) is 36.0 Å². The third-order valence-electron chi connectivity index (χ3n) is 6.60. The summed E-state index contributed by atoms with van der Waals surface area (Å²) in [6, 6.07) is 15.0. The Hall–Kier alpha value is -4.17. The van der Waals surface area contributed by atoms with Crippen molar-refractivity contribution in [1.29, 1.82) is 0 Å². The molecular formula is C29H24ClNO7. The van der Waals surface area contributed by atoms with Crippen molar-refractivity contribution < 1.29 is 28.2 Å². The van der Waals surface area contributed by atoms with E-state index in [2.05, 4.69) is 0 Å². The summed E-state index contributed by atoms with van der Waals surface area (Å²) in [4.78, 5) is 29.3. The molecule has 0 bridgehead atoms. The summed E-state index contributed by atoms with van der Waals surface area (Å²) in [5.74, 6) is 2.00. The first-order valence-electron chi connectivity index (χ1n) is 12.3. The Morgan fingerprint density at radius 3 is 2.53 bits per heavy atom. The summed E-state index contributed by atoms with van der Waals surface area (Å²) >= 11 is 6.20. The van der Waals surface area contributed by atoms with Gasteiger partial charge in [0, 0.05) is 11.6 Å². The number of carbonyl (C=O) groups is 1. The third-order valence-corrected chi connectivity index (χ3v) is 6.84. The van der Waals surface area contributed by atoms with Crippen LogP contribution in [0.5, 0.6) is 23.0 Å². The Morgan fingerprint density at radius 1 is 0.921 bits per heavy atom. The van der Waals surface area contributed by atoms with Gasteiger partial charge in [0.15, 0.2) is 28.4 Å². The number of ether oxygens (including phenoxy) is 4. The van der Waals surface area contributed by atoms with Crippen molar-refractivity contribution in [3.05, 3.63) is 92.3 Å². The third kappa shape index (κ3) is 4.01. The Bertz CT molecular complexity index is 1630. The van der Waals surface area contributed by atoms with Crippen molar-refractivity contribution in [3.8, 4) is 23.0 Å². The van der Waals surface area contributed by atoms with Crippen LogP contribution < -0.4 is 24.4 Å². The van der Waals surface area contributed by atoms with Gasteiger partial charge in [0.1, 0.15) is 5.58 Å². The number of amides is 1. The molecule has 9 heteroatoms. The predicted octanol–water partition coefficient (Wildman–Crippen LogP) is 5.72. The summed E-state index contributed by atoms with van der Waals surface area (Å²) in [5, 5.41) is 0.720. The summed E-state index contributed by atoms with van der Waals surface area (Å²) in [6.07, 6.45) is 0. The molecule has 0 aliphatic carbocycles. The van der Waals surface area contributed by atoms with E-state index in [1.807, 2.05) is 44.2 Å². The number of halogens is 1. The van der Waals surface area contributed by atoms with Gasteiger partial charge in [-0.1, -0.05) is 23.7 Å². The lowest BCUT2D eigenvalue weighted by molar-refractivity contribution is 0.0714. The van der Waals surface area contributed by atoms with Crippen LogP contribution in [0.3, 0.4) is 0 Å². The van der Waals surface area contributed by atoms with E-state index in [1.165, 1.54) is 0 Å². The molecule has 38 heavy (non-hydrogen) atoms. The minimum atomic E-state index is -0.725. The van der Waals surface area contributed by atoms with E-state index in [1.54, 1.807) is 29.2 Å². The highest BCUT2D eigenvalue weighted by Gasteiger charge is 2.43. The standard InChI is InChI=1S/C29H24ClNO7/c1-3-34-21-9-6-17(12-24(21)35-4-2)26-25-27(32)19-13-18(30)7-10-20(19)38-28(25)29(33)31(26)14-16-5-8-22-23(11-16)37-15-36-22/h5-13,26H,3-4,14-15H2,1-2H3. The highest BCUT2D eigenvalue weighted by Crippen LogP contribution is 2.42. The molecule has 0 saturated carbocycles. The quantitative estimate of drug-likeness (QED) is 0.300. The lowest BCUT2D eigenvalue weighted by atomic mass is 9.97. The van der Waals surface area contributed by atoms with Crippen molar-refractivity contribution in [1.82, 2.24) is 4.90 Å². The smallest absolute Gasteiger partial charge is 0.291 e. The number of hydrogen-bond acceptors (Lipinski definition) is 7. The zero-order valence-electron chi connectivity index (χ0n) is 20.8. The van der Waals surface area contributed by atoms with Gasteiger partial charge in [0.25, 0.3) is 5.91 Å². The van der Waals surface area contributed by atoms with Crippen LogP contribution in [-0.4, -0.2) is 30.8 Å². The molecule has 0 radical (unpaired) electrons. The maximum absolute atomic E-state index is 13.8. The molecule has 3 aromatic carbocycles. The Balaban J connectivity index is 1.52. The molecule has 4 aromatic rings.